The number of carbonyl (C=O) groups is 2. The lowest BCUT2D eigenvalue weighted by Crippen LogP contribution is -2.40. The molecule has 4 heterocycles. The lowest BCUT2D eigenvalue weighted by Gasteiger charge is -2.29. The SMILES string of the molecule is COc1c(O)cc(C=Cc2cc(O)cc3c2[C@@]2(C(=O)O3)c3c(O)cc(O)cc3O[C@@H]2c2ccc(O)cc2)c2c1OC(=O)[C@@]21c2c(O)cc(O)cc2O[C@@H]1c1ccc(O)cc1. The number of hydrogen-bond donors (Lipinski definition) is 8. The molecule has 0 unspecified atom stereocenters. The number of fused-ring (bicyclic) bond motifs is 8. The molecule has 300 valence electrons. The van der Waals surface area contributed by atoms with Crippen LogP contribution in [0.25, 0.3) is 12.2 Å². The van der Waals surface area contributed by atoms with E-state index in [9.17, 15) is 50.4 Å². The molecule has 0 amide bonds. The molecule has 6 aromatic rings. The molecule has 0 aliphatic carbocycles. The number of phenols is 8. The van der Waals surface area contributed by atoms with Crippen molar-refractivity contribution in [3.8, 4) is 74.7 Å². The fraction of sp³-hybridized carbons (Fsp3) is 0.111. The Morgan fingerprint density at radius 1 is 0.500 bits per heavy atom. The largest absolute Gasteiger partial charge is 0.508 e. The van der Waals surface area contributed by atoms with Gasteiger partial charge >= 0.3 is 11.9 Å². The topological polar surface area (TPSA) is 242 Å². The number of esters is 2. The van der Waals surface area contributed by atoms with Crippen LogP contribution in [-0.2, 0) is 20.4 Å². The first-order valence-corrected chi connectivity index (χ1v) is 18.3. The predicted octanol–water partition coefficient (Wildman–Crippen LogP) is 6.19. The molecule has 4 atom stereocenters. The Bertz CT molecular complexity index is 2900. The highest BCUT2D eigenvalue weighted by atomic mass is 16.6. The fourth-order valence-corrected chi connectivity index (χ4v) is 9.18. The van der Waals surface area contributed by atoms with Crippen LogP contribution in [0, 0.1) is 0 Å². The summed E-state index contributed by atoms with van der Waals surface area (Å²) in [6, 6.07) is 20.0. The Hall–Kier alpha value is -8.20. The normalized spacial score (nSPS) is 21.6. The molecule has 0 radical (unpaired) electrons. The Balaban J connectivity index is 1.23. The van der Waals surface area contributed by atoms with Crippen molar-refractivity contribution in [3.63, 3.8) is 0 Å². The standard InChI is InChI=1S/C45H30O15/c1-56-38-30(53)13-22(35-39(38)60-43(55)45(35)37-29(52)15-27(50)18-33(37)58-41(45)20-6-10-24(47)11-7-20)3-2-21-12-25(48)16-31-34(21)44(42(54)59-31)36-28(51)14-26(49)17-32(36)57-40(44)19-4-8-23(46)9-5-19/h2-18,40-41,46-53H,1H3/t40-,41-,44-,45-/m1/s1. The number of phenolic OH excluding ortho intramolecular Hbond substituents is 8. The highest BCUT2D eigenvalue weighted by molar-refractivity contribution is 6.03. The number of ether oxygens (including phenoxy) is 5. The van der Waals surface area contributed by atoms with Gasteiger partial charge < -0.3 is 64.5 Å². The summed E-state index contributed by atoms with van der Waals surface area (Å²) in [5, 5.41) is 86.5. The first-order chi connectivity index (χ1) is 28.8. The maximum Gasteiger partial charge on any atom is 0.331 e. The zero-order valence-electron chi connectivity index (χ0n) is 30.9. The van der Waals surface area contributed by atoms with Crippen LogP contribution < -0.4 is 23.7 Å². The van der Waals surface area contributed by atoms with E-state index in [1.54, 1.807) is 0 Å². The molecule has 4 aliphatic heterocycles. The zero-order valence-corrected chi connectivity index (χ0v) is 30.9. The molecule has 15 heteroatoms. The molecule has 0 saturated heterocycles. The second kappa shape index (κ2) is 12.4. The summed E-state index contributed by atoms with van der Waals surface area (Å²) in [6.07, 6.45) is 0.367. The van der Waals surface area contributed by atoms with Gasteiger partial charge in [-0.05, 0) is 58.7 Å². The smallest absolute Gasteiger partial charge is 0.331 e. The Labute approximate surface area is 338 Å². The van der Waals surface area contributed by atoms with Gasteiger partial charge in [0.15, 0.2) is 22.3 Å². The molecule has 6 aromatic carbocycles. The van der Waals surface area contributed by atoms with Crippen molar-refractivity contribution in [1.82, 2.24) is 0 Å². The van der Waals surface area contributed by atoms with Crippen LogP contribution in [-0.4, -0.2) is 59.9 Å². The number of methoxy groups -OCH3 is 1. The van der Waals surface area contributed by atoms with E-state index in [2.05, 4.69) is 0 Å². The van der Waals surface area contributed by atoms with Crippen LogP contribution in [0.4, 0.5) is 0 Å². The van der Waals surface area contributed by atoms with E-state index in [-0.39, 0.29) is 90.9 Å². The Morgan fingerprint density at radius 3 is 1.47 bits per heavy atom. The number of rotatable bonds is 5. The predicted molar refractivity (Wildman–Crippen MR) is 207 cm³/mol. The van der Waals surface area contributed by atoms with E-state index in [1.807, 2.05) is 0 Å². The van der Waals surface area contributed by atoms with Gasteiger partial charge in [-0.15, -0.1) is 0 Å². The number of carbonyl (C=O) groups excluding carboxylic acids is 2. The van der Waals surface area contributed by atoms with Gasteiger partial charge in [-0.1, -0.05) is 36.4 Å². The zero-order chi connectivity index (χ0) is 42.0. The van der Waals surface area contributed by atoms with Crippen molar-refractivity contribution in [2.75, 3.05) is 7.11 Å². The van der Waals surface area contributed by atoms with Gasteiger partial charge in [0, 0.05) is 41.5 Å². The van der Waals surface area contributed by atoms with Gasteiger partial charge in [0.1, 0.15) is 69.7 Å². The second-order valence-corrected chi connectivity index (χ2v) is 14.7. The summed E-state index contributed by atoms with van der Waals surface area (Å²) < 4.78 is 30.0. The Kier molecular flexibility index (Phi) is 7.47. The van der Waals surface area contributed by atoms with Gasteiger partial charge in [0.2, 0.25) is 5.75 Å². The lowest BCUT2D eigenvalue weighted by atomic mass is 9.68. The molecular weight excluding hydrogens is 780 g/mol. The first-order valence-electron chi connectivity index (χ1n) is 18.3. The molecule has 4 aliphatic rings. The Morgan fingerprint density at radius 2 is 0.950 bits per heavy atom. The molecule has 8 N–H and O–H groups in total. The summed E-state index contributed by atoms with van der Waals surface area (Å²) in [5.74, 6) is -5.17. The summed E-state index contributed by atoms with van der Waals surface area (Å²) >= 11 is 0. The highest BCUT2D eigenvalue weighted by Gasteiger charge is 2.67. The van der Waals surface area contributed by atoms with Crippen LogP contribution in [0.1, 0.15) is 56.7 Å². The van der Waals surface area contributed by atoms with Crippen molar-refractivity contribution < 1.29 is 74.1 Å². The molecule has 2 spiro atoms. The minimum absolute atomic E-state index is 0.0418. The van der Waals surface area contributed by atoms with Gasteiger partial charge in [0.05, 0.1) is 18.2 Å². The van der Waals surface area contributed by atoms with Crippen LogP contribution in [0.3, 0.4) is 0 Å². The summed E-state index contributed by atoms with van der Waals surface area (Å²) in [5.41, 5.74) is -3.00. The van der Waals surface area contributed by atoms with Gasteiger partial charge in [-0.25, -0.2) is 0 Å². The average molecular weight is 811 g/mol. The van der Waals surface area contributed by atoms with E-state index in [0.29, 0.717) is 11.1 Å². The van der Waals surface area contributed by atoms with E-state index >= 15 is 0 Å². The first kappa shape index (κ1) is 36.2. The van der Waals surface area contributed by atoms with E-state index in [1.165, 1.54) is 98.1 Å². The third-order valence-electron chi connectivity index (χ3n) is 11.4. The molecule has 10 rings (SSSR count). The van der Waals surface area contributed by atoms with Crippen molar-refractivity contribution >= 4 is 24.1 Å². The van der Waals surface area contributed by atoms with Gasteiger partial charge in [0.25, 0.3) is 0 Å². The molecule has 0 fully saturated rings. The second-order valence-electron chi connectivity index (χ2n) is 14.7. The lowest BCUT2D eigenvalue weighted by molar-refractivity contribution is -0.139. The van der Waals surface area contributed by atoms with Crippen molar-refractivity contribution in [2.24, 2.45) is 0 Å². The van der Waals surface area contributed by atoms with Crippen molar-refractivity contribution in [3.05, 3.63) is 136 Å². The van der Waals surface area contributed by atoms with Crippen molar-refractivity contribution in [2.45, 2.75) is 23.0 Å². The molecule has 0 saturated carbocycles. The number of benzene rings is 6. The average Bonchev–Trinajstić information content (AvgIpc) is 3.90. The molecule has 0 bridgehead atoms. The molecule has 15 nitrogen and oxygen atoms in total. The van der Waals surface area contributed by atoms with Crippen LogP contribution in [0.5, 0.6) is 74.7 Å². The number of aromatic hydroxyl groups is 8. The summed E-state index contributed by atoms with van der Waals surface area (Å²) in [6.45, 7) is 0. The van der Waals surface area contributed by atoms with Gasteiger partial charge in [-0.2, -0.15) is 0 Å². The third-order valence-corrected chi connectivity index (χ3v) is 11.4. The van der Waals surface area contributed by atoms with E-state index < -0.39 is 52.2 Å². The van der Waals surface area contributed by atoms with Crippen molar-refractivity contribution in [1.29, 1.82) is 0 Å². The molecule has 60 heavy (non-hydrogen) atoms. The third kappa shape index (κ3) is 4.70. The quantitative estimate of drug-likeness (QED) is 0.0550. The van der Waals surface area contributed by atoms with Crippen LogP contribution >= 0.6 is 0 Å². The van der Waals surface area contributed by atoms with E-state index in [0.717, 1.165) is 12.1 Å². The fourth-order valence-electron chi connectivity index (χ4n) is 9.18. The number of hydrogen-bond acceptors (Lipinski definition) is 15. The summed E-state index contributed by atoms with van der Waals surface area (Å²) in [4.78, 5) is 29.1. The minimum Gasteiger partial charge on any atom is -0.508 e. The van der Waals surface area contributed by atoms with Gasteiger partial charge in [-0.3, -0.25) is 9.59 Å². The van der Waals surface area contributed by atoms with Crippen LogP contribution in [0.2, 0.25) is 0 Å². The highest BCUT2D eigenvalue weighted by Crippen LogP contribution is 2.67. The van der Waals surface area contributed by atoms with E-state index in [4.69, 9.17) is 23.7 Å². The minimum atomic E-state index is -2.04. The maximum absolute atomic E-state index is 14.6. The van der Waals surface area contributed by atoms with Crippen LogP contribution in [0.15, 0.2) is 91.0 Å². The monoisotopic (exact) mass is 810 g/mol. The molecular formula is C45H30O15. The maximum atomic E-state index is 14.6. The summed E-state index contributed by atoms with van der Waals surface area (Å²) in [7, 11) is 1.25. The molecule has 0 aromatic heterocycles.